The van der Waals surface area contributed by atoms with E-state index in [0.717, 1.165) is 22.2 Å². The van der Waals surface area contributed by atoms with Crippen LogP contribution in [-0.2, 0) is 11.2 Å². The third-order valence-electron chi connectivity index (χ3n) is 3.83. The lowest BCUT2D eigenvalue weighted by Crippen LogP contribution is -2.28. The molecule has 0 aliphatic heterocycles. The molecule has 1 unspecified atom stereocenters. The maximum atomic E-state index is 12.2. The average Bonchev–Trinajstić information content (AvgIpc) is 3.02. The van der Waals surface area contributed by atoms with Gasteiger partial charge in [-0.2, -0.15) is 8.78 Å². The van der Waals surface area contributed by atoms with Gasteiger partial charge in [0.25, 0.3) is 0 Å². The second-order valence-corrected chi connectivity index (χ2v) is 5.67. The first kappa shape index (κ1) is 16.9. The quantitative estimate of drug-likeness (QED) is 0.717. The second-order valence-electron chi connectivity index (χ2n) is 5.67. The van der Waals surface area contributed by atoms with Gasteiger partial charge in [-0.15, -0.1) is 0 Å². The van der Waals surface area contributed by atoms with Crippen molar-refractivity contribution in [1.29, 1.82) is 0 Å². The molecule has 0 aliphatic rings. The van der Waals surface area contributed by atoms with Crippen LogP contribution in [-0.4, -0.2) is 22.5 Å². The van der Waals surface area contributed by atoms with E-state index in [1.54, 1.807) is 18.5 Å². The number of hydrogen-bond donors (Lipinski definition) is 2. The van der Waals surface area contributed by atoms with Crippen molar-refractivity contribution in [2.75, 3.05) is 0 Å². The highest BCUT2D eigenvalue weighted by Gasteiger charge is 2.12. The Bertz CT molecular complexity index is 862. The molecule has 0 spiro atoms. The number of nitrogens with zero attached hydrogens (tertiary/aromatic N) is 1. The van der Waals surface area contributed by atoms with Gasteiger partial charge in [-0.05, 0) is 42.3 Å². The highest BCUT2D eigenvalue weighted by atomic mass is 19.3. The molecule has 130 valence electrons. The Kier molecular flexibility index (Phi) is 4.92. The van der Waals surface area contributed by atoms with Crippen molar-refractivity contribution in [2.24, 2.45) is 0 Å². The van der Waals surface area contributed by atoms with Gasteiger partial charge in [0.1, 0.15) is 5.75 Å². The zero-order chi connectivity index (χ0) is 17.8. The lowest BCUT2D eigenvalue weighted by molar-refractivity contribution is -0.121. The van der Waals surface area contributed by atoms with E-state index in [0.29, 0.717) is 0 Å². The predicted octanol–water partition coefficient (Wildman–Crippen LogP) is 3.58. The molecule has 0 fully saturated rings. The number of carbonyl (C=O) groups is 1. The van der Waals surface area contributed by atoms with E-state index >= 15 is 0 Å². The van der Waals surface area contributed by atoms with E-state index in [1.807, 2.05) is 25.1 Å². The van der Waals surface area contributed by atoms with E-state index in [9.17, 15) is 13.6 Å². The number of imidazole rings is 1. The van der Waals surface area contributed by atoms with Crippen LogP contribution in [0.1, 0.15) is 24.1 Å². The van der Waals surface area contributed by atoms with Gasteiger partial charge in [0.05, 0.1) is 29.8 Å². The van der Waals surface area contributed by atoms with Crippen LogP contribution in [0.4, 0.5) is 8.78 Å². The largest absolute Gasteiger partial charge is 0.435 e. The Hall–Kier alpha value is -2.96. The third kappa shape index (κ3) is 4.32. The number of nitrogens with one attached hydrogen (secondary N) is 2. The number of aromatic amines is 1. The first-order valence-corrected chi connectivity index (χ1v) is 7.77. The number of amides is 1. The van der Waals surface area contributed by atoms with Crippen molar-refractivity contribution in [1.82, 2.24) is 15.3 Å². The molecule has 0 saturated carbocycles. The van der Waals surface area contributed by atoms with E-state index in [-0.39, 0.29) is 24.1 Å². The lowest BCUT2D eigenvalue weighted by atomic mass is 10.1. The topological polar surface area (TPSA) is 67.0 Å². The Balaban J connectivity index is 1.59. The fourth-order valence-electron chi connectivity index (χ4n) is 2.59. The first-order valence-electron chi connectivity index (χ1n) is 7.77. The maximum Gasteiger partial charge on any atom is 0.387 e. The summed E-state index contributed by atoms with van der Waals surface area (Å²) in [4.78, 5) is 19.4. The van der Waals surface area contributed by atoms with Crippen molar-refractivity contribution in [3.05, 3.63) is 59.9 Å². The molecule has 0 bridgehead atoms. The summed E-state index contributed by atoms with van der Waals surface area (Å²) in [5.74, 6) is -0.0376. The SMILES string of the molecule is CC(NC(=O)Cc1ccc2nc[nH]c2c1)c1ccc(OC(F)F)cc1. The van der Waals surface area contributed by atoms with Gasteiger partial charge in [0.2, 0.25) is 5.91 Å². The van der Waals surface area contributed by atoms with Crippen molar-refractivity contribution < 1.29 is 18.3 Å². The number of halogens is 2. The summed E-state index contributed by atoms with van der Waals surface area (Å²) in [5.41, 5.74) is 3.41. The molecule has 25 heavy (non-hydrogen) atoms. The number of ether oxygens (including phenoxy) is 1. The van der Waals surface area contributed by atoms with E-state index in [4.69, 9.17) is 0 Å². The first-order chi connectivity index (χ1) is 12.0. The lowest BCUT2D eigenvalue weighted by Gasteiger charge is -2.15. The fourth-order valence-corrected chi connectivity index (χ4v) is 2.59. The predicted molar refractivity (Wildman–Crippen MR) is 89.4 cm³/mol. The number of rotatable bonds is 6. The third-order valence-corrected chi connectivity index (χ3v) is 3.83. The summed E-state index contributed by atoms with van der Waals surface area (Å²) >= 11 is 0. The molecule has 2 N–H and O–H groups in total. The standard InChI is InChI=1S/C18H17F2N3O2/c1-11(13-3-5-14(6-4-13)25-18(19)20)23-17(24)9-12-2-7-15-16(8-12)22-10-21-15/h2-8,10-11,18H,9H2,1H3,(H,21,22)(H,23,24). The molecule has 1 atom stereocenters. The minimum absolute atomic E-state index is 0.0881. The van der Waals surface area contributed by atoms with Crippen molar-refractivity contribution >= 4 is 16.9 Å². The number of hydrogen-bond acceptors (Lipinski definition) is 3. The summed E-state index contributed by atoms with van der Waals surface area (Å²) in [5, 5.41) is 2.89. The average molecular weight is 345 g/mol. The van der Waals surface area contributed by atoms with Crippen LogP contribution in [0.25, 0.3) is 11.0 Å². The van der Waals surface area contributed by atoms with Gasteiger partial charge in [0.15, 0.2) is 0 Å². The highest BCUT2D eigenvalue weighted by Crippen LogP contribution is 2.19. The summed E-state index contributed by atoms with van der Waals surface area (Å²) in [6.45, 7) is -1.02. The Morgan fingerprint density at radius 2 is 2.00 bits per heavy atom. The molecule has 1 heterocycles. The van der Waals surface area contributed by atoms with Gasteiger partial charge < -0.3 is 15.0 Å². The molecular formula is C18H17F2N3O2. The van der Waals surface area contributed by atoms with Crippen molar-refractivity contribution in [2.45, 2.75) is 26.0 Å². The summed E-state index contributed by atoms with van der Waals surface area (Å²) < 4.78 is 28.6. The molecule has 0 saturated heterocycles. The fraction of sp³-hybridized carbons (Fsp3) is 0.222. The summed E-state index contributed by atoms with van der Waals surface area (Å²) in [6, 6.07) is 11.6. The van der Waals surface area contributed by atoms with Gasteiger partial charge in [0, 0.05) is 0 Å². The molecule has 1 aromatic heterocycles. The van der Waals surface area contributed by atoms with E-state index in [2.05, 4.69) is 20.0 Å². The van der Waals surface area contributed by atoms with E-state index in [1.165, 1.54) is 12.1 Å². The zero-order valence-electron chi connectivity index (χ0n) is 13.5. The Morgan fingerprint density at radius 3 is 2.72 bits per heavy atom. The second kappa shape index (κ2) is 7.29. The number of benzene rings is 2. The molecule has 0 aliphatic carbocycles. The van der Waals surface area contributed by atoms with Crippen LogP contribution < -0.4 is 10.1 Å². The summed E-state index contributed by atoms with van der Waals surface area (Å²) in [6.07, 6.45) is 1.85. The number of aromatic nitrogens is 2. The van der Waals surface area contributed by atoms with Gasteiger partial charge in [-0.1, -0.05) is 18.2 Å². The number of H-pyrrole nitrogens is 1. The summed E-state index contributed by atoms with van der Waals surface area (Å²) in [7, 11) is 0. The molecule has 2 aromatic carbocycles. The minimum atomic E-state index is -2.85. The number of fused-ring (bicyclic) bond motifs is 1. The van der Waals surface area contributed by atoms with Gasteiger partial charge in [-0.3, -0.25) is 4.79 Å². The van der Waals surface area contributed by atoms with Gasteiger partial charge >= 0.3 is 6.61 Å². The molecule has 7 heteroatoms. The van der Waals surface area contributed by atoms with Crippen LogP contribution in [0.5, 0.6) is 5.75 Å². The number of carbonyl (C=O) groups excluding carboxylic acids is 1. The Morgan fingerprint density at radius 1 is 1.24 bits per heavy atom. The zero-order valence-corrected chi connectivity index (χ0v) is 13.5. The number of alkyl halides is 2. The van der Waals surface area contributed by atoms with Crippen LogP contribution in [0.3, 0.4) is 0 Å². The normalized spacial score (nSPS) is 12.3. The highest BCUT2D eigenvalue weighted by molar-refractivity contribution is 5.81. The van der Waals surface area contributed by atoms with Crippen LogP contribution in [0.15, 0.2) is 48.8 Å². The minimum Gasteiger partial charge on any atom is -0.435 e. The monoisotopic (exact) mass is 345 g/mol. The van der Waals surface area contributed by atoms with E-state index < -0.39 is 6.61 Å². The molecule has 1 amide bonds. The van der Waals surface area contributed by atoms with Gasteiger partial charge in [-0.25, -0.2) is 4.98 Å². The smallest absolute Gasteiger partial charge is 0.387 e. The Labute approximate surface area is 143 Å². The molecule has 5 nitrogen and oxygen atoms in total. The molecular weight excluding hydrogens is 328 g/mol. The molecule has 3 aromatic rings. The molecule has 0 radical (unpaired) electrons. The molecule has 3 rings (SSSR count). The van der Waals surface area contributed by atoms with Crippen LogP contribution in [0, 0.1) is 0 Å². The van der Waals surface area contributed by atoms with Crippen LogP contribution >= 0.6 is 0 Å². The van der Waals surface area contributed by atoms with Crippen molar-refractivity contribution in [3.63, 3.8) is 0 Å². The maximum absolute atomic E-state index is 12.2. The van der Waals surface area contributed by atoms with Crippen LogP contribution in [0.2, 0.25) is 0 Å². The van der Waals surface area contributed by atoms with Crippen molar-refractivity contribution in [3.8, 4) is 5.75 Å².